The molecule has 2 aromatic carbocycles. The number of nitrogen functional groups attached to an aromatic ring is 1. The van der Waals surface area contributed by atoms with Gasteiger partial charge in [-0.05, 0) is 30.3 Å². The van der Waals surface area contributed by atoms with Crippen LogP contribution in [0.5, 0.6) is 0 Å². The van der Waals surface area contributed by atoms with Gasteiger partial charge >= 0.3 is 0 Å². The highest BCUT2D eigenvalue weighted by atomic mass is 16.3. The summed E-state index contributed by atoms with van der Waals surface area (Å²) in [6.45, 7) is 1.78. The minimum atomic E-state index is -0.0742. The zero-order valence-electron chi connectivity index (χ0n) is 10.4. The molecular formula is C15H12N2O2. The molecule has 0 bridgehead atoms. The highest BCUT2D eigenvalue weighted by Crippen LogP contribution is 2.19. The van der Waals surface area contributed by atoms with Crippen molar-refractivity contribution >= 4 is 22.6 Å². The molecule has 0 spiro atoms. The van der Waals surface area contributed by atoms with E-state index in [9.17, 15) is 4.79 Å². The van der Waals surface area contributed by atoms with E-state index in [0.717, 1.165) is 0 Å². The highest BCUT2D eigenvalue weighted by molar-refractivity contribution is 6.10. The molecular weight excluding hydrogens is 240 g/mol. The number of carbonyl (C=O) groups is 1. The summed E-state index contributed by atoms with van der Waals surface area (Å²) in [4.78, 5) is 16.6. The second kappa shape index (κ2) is 4.24. The van der Waals surface area contributed by atoms with Gasteiger partial charge in [-0.3, -0.25) is 4.79 Å². The Morgan fingerprint density at radius 3 is 2.74 bits per heavy atom. The van der Waals surface area contributed by atoms with Crippen molar-refractivity contribution in [2.24, 2.45) is 0 Å². The summed E-state index contributed by atoms with van der Waals surface area (Å²) in [5, 5.41) is 0. The number of fused-ring (bicyclic) bond motifs is 1. The van der Waals surface area contributed by atoms with Crippen LogP contribution in [0.25, 0.3) is 11.1 Å². The molecule has 3 aromatic rings. The Hall–Kier alpha value is -2.62. The lowest BCUT2D eigenvalue weighted by molar-refractivity contribution is 0.103. The van der Waals surface area contributed by atoms with Gasteiger partial charge in [-0.25, -0.2) is 4.98 Å². The van der Waals surface area contributed by atoms with E-state index in [1.807, 2.05) is 0 Å². The number of hydrogen-bond acceptors (Lipinski definition) is 4. The number of nitrogens with zero attached hydrogens (tertiary/aromatic N) is 1. The first-order valence-corrected chi connectivity index (χ1v) is 5.91. The van der Waals surface area contributed by atoms with Crippen molar-refractivity contribution in [3.8, 4) is 0 Å². The predicted octanol–water partition coefficient (Wildman–Crippen LogP) is 2.95. The van der Waals surface area contributed by atoms with Gasteiger partial charge in [0.2, 0.25) is 0 Å². The average molecular weight is 252 g/mol. The molecule has 1 aromatic heterocycles. The van der Waals surface area contributed by atoms with Crippen LogP contribution in [0.3, 0.4) is 0 Å². The van der Waals surface area contributed by atoms with Crippen LogP contribution in [0.2, 0.25) is 0 Å². The zero-order chi connectivity index (χ0) is 13.4. The molecule has 4 heteroatoms. The van der Waals surface area contributed by atoms with E-state index in [1.54, 1.807) is 49.4 Å². The molecule has 0 aliphatic carbocycles. The smallest absolute Gasteiger partial charge is 0.193 e. The van der Waals surface area contributed by atoms with E-state index in [-0.39, 0.29) is 5.78 Å². The fourth-order valence-electron chi connectivity index (χ4n) is 2.03. The summed E-state index contributed by atoms with van der Waals surface area (Å²) >= 11 is 0. The van der Waals surface area contributed by atoms with Crippen LogP contribution < -0.4 is 5.73 Å². The number of aromatic nitrogens is 1. The van der Waals surface area contributed by atoms with Crippen molar-refractivity contribution in [3.05, 3.63) is 59.5 Å². The second-order valence-corrected chi connectivity index (χ2v) is 4.37. The van der Waals surface area contributed by atoms with Crippen molar-refractivity contribution < 1.29 is 9.21 Å². The summed E-state index contributed by atoms with van der Waals surface area (Å²) in [5.41, 5.74) is 8.78. The molecule has 0 saturated heterocycles. The Morgan fingerprint density at radius 2 is 1.95 bits per heavy atom. The summed E-state index contributed by atoms with van der Waals surface area (Å²) in [5.74, 6) is 0.512. The van der Waals surface area contributed by atoms with E-state index >= 15 is 0 Å². The molecule has 1 heterocycles. The molecule has 0 radical (unpaired) electrons. The number of carbonyl (C=O) groups excluding carboxylic acids is 1. The Labute approximate surface area is 109 Å². The molecule has 0 atom stereocenters. The first-order valence-electron chi connectivity index (χ1n) is 5.91. The number of aryl methyl sites for hydroxylation is 1. The van der Waals surface area contributed by atoms with Crippen LogP contribution in [-0.2, 0) is 0 Å². The lowest BCUT2D eigenvalue weighted by Crippen LogP contribution is -2.01. The maximum atomic E-state index is 12.3. The van der Waals surface area contributed by atoms with Gasteiger partial charge in [-0.1, -0.05) is 12.1 Å². The van der Waals surface area contributed by atoms with Gasteiger partial charge in [0, 0.05) is 23.7 Å². The Kier molecular flexibility index (Phi) is 2.56. The van der Waals surface area contributed by atoms with Crippen LogP contribution >= 0.6 is 0 Å². The van der Waals surface area contributed by atoms with E-state index < -0.39 is 0 Å². The largest absolute Gasteiger partial charge is 0.441 e. The normalized spacial score (nSPS) is 10.8. The monoisotopic (exact) mass is 252 g/mol. The van der Waals surface area contributed by atoms with E-state index in [0.29, 0.717) is 33.8 Å². The fourth-order valence-corrected chi connectivity index (χ4v) is 2.03. The molecule has 2 N–H and O–H groups in total. The van der Waals surface area contributed by atoms with Gasteiger partial charge in [0.15, 0.2) is 17.3 Å². The third kappa shape index (κ3) is 2.08. The maximum Gasteiger partial charge on any atom is 0.193 e. The number of hydrogen-bond donors (Lipinski definition) is 1. The molecule has 4 nitrogen and oxygen atoms in total. The number of ketones is 1. The minimum Gasteiger partial charge on any atom is -0.441 e. The lowest BCUT2D eigenvalue weighted by Gasteiger charge is -2.02. The molecule has 0 unspecified atom stereocenters. The van der Waals surface area contributed by atoms with Gasteiger partial charge in [-0.15, -0.1) is 0 Å². The molecule has 0 saturated carbocycles. The van der Waals surface area contributed by atoms with Gasteiger partial charge in [-0.2, -0.15) is 0 Å². The van der Waals surface area contributed by atoms with Crippen LogP contribution in [0.1, 0.15) is 21.8 Å². The van der Waals surface area contributed by atoms with Gasteiger partial charge < -0.3 is 10.2 Å². The summed E-state index contributed by atoms with van der Waals surface area (Å²) in [7, 11) is 0. The van der Waals surface area contributed by atoms with Crippen LogP contribution in [0, 0.1) is 6.92 Å². The number of rotatable bonds is 2. The molecule has 0 fully saturated rings. The maximum absolute atomic E-state index is 12.3. The number of oxazole rings is 1. The Bertz CT molecular complexity index is 775. The second-order valence-electron chi connectivity index (χ2n) is 4.37. The third-order valence-corrected chi connectivity index (χ3v) is 2.91. The average Bonchev–Trinajstić information content (AvgIpc) is 2.76. The highest BCUT2D eigenvalue weighted by Gasteiger charge is 2.11. The topological polar surface area (TPSA) is 69.1 Å². The molecule has 94 valence electrons. The SMILES string of the molecule is Cc1nc2cc(C(=O)c3cccc(N)c3)ccc2o1. The van der Waals surface area contributed by atoms with Crippen LogP contribution in [0.4, 0.5) is 5.69 Å². The molecule has 0 aliphatic heterocycles. The summed E-state index contributed by atoms with van der Waals surface area (Å²) in [6.07, 6.45) is 0. The number of benzene rings is 2. The minimum absolute atomic E-state index is 0.0742. The molecule has 19 heavy (non-hydrogen) atoms. The van der Waals surface area contributed by atoms with E-state index in [4.69, 9.17) is 10.2 Å². The molecule has 0 amide bonds. The van der Waals surface area contributed by atoms with E-state index in [1.165, 1.54) is 0 Å². The van der Waals surface area contributed by atoms with Gasteiger partial charge in [0.1, 0.15) is 5.52 Å². The van der Waals surface area contributed by atoms with Crippen molar-refractivity contribution in [2.75, 3.05) is 5.73 Å². The zero-order valence-corrected chi connectivity index (χ0v) is 10.4. The van der Waals surface area contributed by atoms with Gasteiger partial charge in [0.05, 0.1) is 0 Å². The van der Waals surface area contributed by atoms with Crippen LogP contribution in [0.15, 0.2) is 46.9 Å². The first-order chi connectivity index (χ1) is 9.13. The molecule has 3 rings (SSSR count). The van der Waals surface area contributed by atoms with Crippen molar-refractivity contribution in [1.29, 1.82) is 0 Å². The quantitative estimate of drug-likeness (QED) is 0.562. The van der Waals surface area contributed by atoms with Crippen molar-refractivity contribution in [3.63, 3.8) is 0 Å². The number of nitrogens with two attached hydrogens (primary N) is 1. The third-order valence-electron chi connectivity index (χ3n) is 2.91. The predicted molar refractivity (Wildman–Crippen MR) is 73.0 cm³/mol. The standard InChI is InChI=1S/C15H12N2O2/c1-9-17-13-8-11(5-6-14(13)19-9)15(18)10-3-2-4-12(16)7-10/h2-8H,16H2,1H3. The fraction of sp³-hybridized carbons (Fsp3) is 0.0667. The van der Waals surface area contributed by atoms with Gasteiger partial charge in [0.25, 0.3) is 0 Å². The number of anilines is 1. The van der Waals surface area contributed by atoms with E-state index in [2.05, 4.69) is 4.98 Å². The Morgan fingerprint density at radius 1 is 1.16 bits per heavy atom. The lowest BCUT2D eigenvalue weighted by atomic mass is 10.0. The summed E-state index contributed by atoms with van der Waals surface area (Å²) in [6, 6.07) is 12.2. The van der Waals surface area contributed by atoms with Crippen LogP contribution in [-0.4, -0.2) is 10.8 Å². The van der Waals surface area contributed by atoms with Crippen molar-refractivity contribution in [2.45, 2.75) is 6.92 Å². The molecule has 0 aliphatic rings. The first kappa shape index (κ1) is 11.5. The van der Waals surface area contributed by atoms with Crippen molar-refractivity contribution in [1.82, 2.24) is 4.98 Å². The Balaban J connectivity index is 2.06. The summed E-state index contributed by atoms with van der Waals surface area (Å²) < 4.78 is 5.39.